The number of para-hydroxylation sites is 2. The Kier molecular flexibility index (Phi) is 8.68. The molecule has 0 spiro atoms. The monoisotopic (exact) mass is 569 g/mol. The summed E-state index contributed by atoms with van der Waals surface area (Å²) in [4.78, 5) is 26.9. The van der Waals surface area contributed by atoms with Crippen LogP contribution in [0.1, 0.15) is 66.6 Å². The molecule has 0 radical (unpaired) electrons. The summed E-state index contributed by atoms with van der Waals surface area (Å²) in [6.45, 7) is 7.91. The molecule has 2 aromatic heterocycles. The molecule has 5 rings (SSSR count). The third kappa shape index (κ3) is 6.07. The average Bonchev–Trinajstić information content (AvgIpc) is 3.50. The highest BCUT2D eigenvalue weighted by Crippen LogP contribution is 2.34. The van der Waals surface area contributed by atoms with Crippen LogP contribution in [-0.4, -0.2) is 49.7 Å². The quantitative estimate of drug-likeness (QED) is 0.228. The minimum absolute atomic E-state index is 0.199. The van der Waals surface area contributed by atoms with E-state index in [1.54, 1.807) is 0 Å². The smallest absolute Gasteiger partial charge is 0.275 e. The second kappa shape index (κ2) is 12.2. The molecule has 1 unspecified atom stereocenters. The first-order chi connectivity index (χ1) is 18.4. The summed E-state index contributed by atoms with van der Waals surface area (Å²) in [5.41, 5.74) is 4.53. The van der Waals surface area contributed by atoms with Gasteiger partial charge in [-0.1, -0.05) is 79.9 Å². The predicted molar refractivity (Wildman–Crippen MR) is 156 cm³/mol. The van der Waals surface area contributed by atoms with E-state index in [1.165, 1.54) is 30.4 Å². The van der Waals surface area contributed by atoms with Crippen LogP contribution in [0, 0.1) is 5.92 Å². The van der Waals surface area contributed by atoms with E-state index in [0.29, 0.717) is 17.3 Å². The lowest BCUT2D eigenvalue weighted by Gasteiger charge is -2.33. The molecule has 1 aliphatic heterocycles. The van der Waals surface area contributed by atoms with Crippen molar-refractivity contribution < 1.29 is 4.79 Å². The molecule has 6 nitrogen and oxygen atoms in total. The summed E-state index contributed by atoms with van der Waals surface area (Å²) in [5.74, 6) is 0.749. The van der Waals surface area contributed by atoms with E-state index in [9.17, 15) is 4.79 Å². The molecule has 1 atom stereocenters. The molecule has 200 valence electrons. The van der Waals surface area contributed by atoms with Gasteiger partial charge in [-0.2, -0.15) is 4.37 Å². The Morgan fingerprint density at radius 1 is 1.05 bits per heavy atom. The fourth-order valence-electron chi connectivity index (χ4n) is 5.24. The number of piperidine rings is 1. The number of nitrogens with one attached hydrogen (secondary N) is 1. The summed E-state index contributed by atoms with van der Waals surface area (Å²) in [6, 6.07) is 16.2. The number of H-pyrrole nitrogens is 1. The normalized spacial score (nSPS) is 15.3. The van der Waals surface area contributed by atoms with Crippen molar-refractivity contribution in [3.63, 3.8) is 0 Å². The Hall–Kier alpha value is -2.45. The maximum atomic E-state index is 14.0. The number of carbonyl (C=O) groups is 1. The van der Waals surface area contributed by atoms with Crippen LogP contribution < -0.4 is 0 Å². The first-order valence-corrected chi connectivity index (χ1v) is 14.8. The molecule has 9 heteroatoms. The summed E-state index contributed by atoms with van der Waals surface area (Å²) in [5, 5.41) is 0.212. The zero-order valence-corrected chi connectivity index (χ0v) is 24.1. The molecule has 0 aliphatic carbocycles. The van der Waals surface area contributed by atoms with Gasteiger partial charge in [0.25, 0.3) is 5.91 Å². The van der Waals surface area contributed by atoms with Gasteiger partial charge in [-0.15, -0.1) is 0 Å². The second-order valence-electron chi connectivity index (χ2n) is 10.4. The highest BCUT2D eigenvalue weighted by Gasteiger charge is 2.33. The van der Waals surface area contributed by atoms with Crippen molar-refractivity contribution in [1.29, 1.82) is 0 Å². The highest BCUT2D eigenvalue weighted by atomic mass is 35.5. The van der Waals surface area contributed by atoms with Gasteiger partial charge in [-0.25, -0.2) is 4.98 Å². The number of likely N-dealkylation sites (tertiary alicyclic amines) is 1. The summed E-state index contributed by atoms with van der Waals surface area (Å²) >= 11 is 13.7. The van der Waals surface area contributed by atoms with E-state index in [1.807, 2.05) is 29.2 Å². The largest absolute Gasteiger partial charge is 0.340 e. The number of nitrogens with zero attached hydrogens (tertiary/aromatic N) is 4. The van der Waals surface area contributed by atoms with Gasteiger partial charge >= 0.3 is 0 Å². The van der Waals surface area contributed by atoms with Gasteiger partial charge in [0.05, 0.1) is 17.1 Å². The van der Waals surface area contributed by atoms with Crippen molar-refractivity contribution in [2.45, 2.75) is 52.1 Å². The molecular weight excluding hydrogens is 537 g/mol. The van der Waals surface area contributed by atoms with E-state index < -0.39 is 0 Å². The van der Waals surface area contributed by atoms with Crippen molar-refractivity contribution in [2.24, 2.45) is 5.92 Å². The lowest BCUT2D eigenvalue weighted by molar-refractivity contribution is 0.0634. The Labute approximate surface area is 238 Å². The predicted octanol–water partition coefficient (Wildman–Crippen LogP) is 7.39. The lowest BCUT2D eigenvalue weighted by atomic mass is 9.97. The highest BCUT2D eigenvalue weighted by molar-refractivity contribution is 7.11. The Morgan fingerprint density at radius 2 is 1.76 bits per heavy atom. The van der Waals surface area contributed by atoms with Crippen molar-refractivity contribution in [2.75, 3.05) is 19.6 Å². The number of halogens is 2. The number of carbonyl (C=O) groups excluding carboxylic acids is 1. The fourth-order valence-corrected chi connectivity index (χ4v) is 6.22. The van der Waals surface area contributed by atoms with Gasteiger partial charge in [0, 0.05) is 19.5 Å². The van der Waals surface area contributed by atoms with Crippen LogP contribution in [0.4, 0.5) is 0 Å². The van der Waals surface area contributed by atoms with E-state index >= 15 is 0 Å². The first-order valence-electron chi connectivity index (χ1n) is 13.3. The van der Waals surface area contributed by atoms with E-state index in [4.69, 9.17) is 28.2 Å². The molecular formula is C29H33Cl2N5OS. The third-order valence-corrected chi connectivity index (χ3v) is 8.71. The lowest BCUT2D eigenvalue weighted by Crippen LogP contribution is -2.39. The molecule has 3 heterocycles. The van der Waals surface area contributed by atoms with E-state index in [-0.39, 0.29) is 28.6 Å². The van der Waals surface area contributed by atoms with Crippen molar-refractivity contribution in [3.05, 3.63) is 80.5 Å². The summed E-state index contributed by atoms with van der Waals surface area (Å²) < 4.78 is 4.64. The SMILES string of the molecule is CC(C)CN(C(=O)c1nsc(Cl)c1Cl)C(Cc1ccccc1CN1CCCCC1)c1nc2ccccc2[nH]1. The molecule has 1 aliphatic rings. The maximum Gasteiger partial charge on any atom is 0.275 e. The number of amides is 1. The van der Waals surface area contributed by atoms with Gasteiger partial charge in [-0.05, 0) is 66.6 Å². The van der Waals surface area contributed by atoms with Crippen LogP contribution in [0.15, 0.2) is 48.5 Å². The number of aromatic amines is 1. The average molecular weight is 571 g/mol. The second-order valence-corrected chi connectivity index (χ2v) is 12.2. The van der Waals surface area contributed by atoms with Crippen LogP contribution >= 0.6 is 34.7 Å². The number of imidazole rings is 1. The number of benzene rings is 2. The third-order valence-electron chi connectivity index (χ3n) is 7.10. The number of aromatic nitrogens is 3. The molecule has 0 bridgehead atoms. The molecule has 1 amide bonds. The van der Waals surface area contributed by atoms with Crippen LogP contribution in [0.2, 0.25) is 9.36 Å². The summed E-state index contributed by atoms with van der Waals surface area (Å²) in [6.07, 6.45) is 4.42. The number of hydrogen-bond acceptors (Lipinski definition) is 5. The van der Waals surface area contributed by atoms with Crippen LogP contribution in [0.5, 0.6) is 0 Å². The zero-order valence-electron chi connectivity index (χ0n) is 21.8. The van der Waals surface area contributed by atoms with Crippen molar-refractivity contribution in [3.8, 4) is 0 Å². The zero-order chi connectivity index (χ0) is 26.6. The number of rotatable bonds is 9. The number of hydrogen-bond donors (Lipinski definition) is 1. The molecule has 38 heavy (non-hydrogen) atoms. The first kappa shape index (κ1) is 27.1. The number of fused-ring (bicyclic) bond motifs is 1. The molecule has 0 saturated carbocycles. The van der Waals surface area contributed by atoms with Crippen LogP contribution in [0.3, 0.4) is 0 Å². The maximum absolute atomic E-state index is 14.0. The minimum atomic E-state index is -0.337. The van der Waals surface area contributed by atoms with E-state index in [0.717, 1.165) is 48.0 Å². The van der Waals surface area contributed by atoms with Gasteiger partial charge in [-0.3, -0.25) is 9.69 Å². The van der Waals surface area contributed by atoms with Gasteiger partial charge < -0.3 is 9.88 Å². The Balaban J connectivity index is 1.56. The molecule has 1 saturated heterocycles. The van der Waals surface area contributed by atoms with Gasteiger partial charge in [0.15, 0.2) is 5.69 Å². The Bertz CT molecular complexity index is 1360. The van der Waals surface area contributed by atoms with Gasteiger partial charge in [0.1, 0.15) is 15.2 Å². The molecule has 1 N–H and O–H groups in total. The minimum Gasteiger partial charge on any atom is -0.340 e. The fraction of sp³-hybridized carbons (Fsp3) is 0.414. The molecule has 1 fully saturated rings. The summed E-state index contributed by atoms with van der Waals surface area (Å²) in [7, 11) is 0. The topological polar surface area (TPSA) is 65.1 Å². The molecule has 2 aromatic carbocycles. The van der Waals surface area contributed by atoms with Crippen LogP contribution in [0.25, 0.3) is 11.0 Å². The molecule has 4 aromatic rings. The van der Waals surface area contributed by atoms with Crippen LogP contribution in [-0.2, 0) is 13.0 Å². The van der Waals surface area contributed by atoms with Crippen molar-refractivity contribution in [1.82, 2.24) is 24.1 Å². The Morgan fingerprint density at radius 3 is 2.45 bits per heavy atom. The standard InChI is InChI=1S/C29H33Cl2N5OS/c1-19(2)17-36(29(37)26-25(30)27(31)38-34-26)24(28-32-22-12-6-7-13-23(22)33-28)16-20-10-4-5-11-21(20)18-35-14-8-3-9-15-35/h4-7,10-13,19,24H,3,8-9,14-18H2,1-2H3,(H,32,33). The van der Waals surface area contributed by atoms with Crippen molar-refractivity contribution >= 4 is 51.7 Å². The van der Waals surface area contributed by atoms with E-state index in [2.05, 4.69) is 52.4 Å². The van der Waals surface area contributed by atoms with Gasteiger partial charge in [0.2, 0.25) is 0 Å².